The van der Waals surface area contributed by atoms with E-state index in [0.29, 0.717) is 11.5 Å². The zero-order chi connectivity index (χ0) is 13.4. The molecule has 0 bridgehead atoms. The van der Waals surface area contributed by atoms with Crippen LogP contribution in [0.5, 0.6) is 0 Å². The number of hydrogen-bond acceptors (Lipinski definition) is 3. The summed E-state index contributed by atoms with van der Waals surface area (Å²) in [6.07, 6.45) is 0. The van der Waals surface area contributed by atoms with Crippen molar-refractivity contribution in [3.8, 4) is 0 Å². The summed E-state index contributed by atoms with van der Waals surface area (Å²) >= 11 is 0. The van der Waals surface area contributed by atoms with Crippen LogP contribution < -0.4 is 11.1 Å². The molecule has 0 atom stereocenters. The summed E-state index contributed by atoms with van der Waals surface area (Å²) in [7, 11) is 0. The predicted octanol–water partition coefficient (Wildman–Crippen LogP) is 3.17. The molecule has 19 heavy (non-hydrogen) atoms. The molecule has 1 aromatic heterocycles. The van der Waals surface area contributed by atoms with Crippen molar-refractivity contribution in [1.29, 1.82) is 0 Å². The molecule has 96 valence electrons. The molecule has 4 N–H and O–H groups in total. The summed E-state index contributed by atoms with van der Waals surface area (Å²) < 4.78 is 26.2. The lowest BCUT2D eigenvalue weighted by molar-refractivity contribution is 0.584. The lowest BCUT2D eigenvalue weighted by atomic mass is 10.2. The zero-order valence-electron chi connectivity index (χ0n) is 9.74. The van der Waals surface area contributed by atoms with Gasteiger partial charge in [0.15, 0.2) is 5.82 Å². The van der Waals surface area contributed by atoms with Gasteiger partial charge in [-0.2, -0.15) is 5.10 Å². The molecule has 6 heteroatoms. The highest BCUT2D eigenvalue weighted by atomic mass is 19.1. The molecule has 0 aliphatic rings. The van der Waals surface area contributed by atoms with Gasteiger partial charge in [-0.3, -0.25) is 5.10 Å². The molecule has 0 unspecified atom stereocenters. The third-order valence-electron chi connectivity index (χ3n) is 2.71. The molecule has 3 rings (SSSR count). The van der Waals surface area contributed by atoms with Crippen LogP contribution in [0.1, 0.15) is 0 Å². The first kappa shape index (κ1) is 11.5. The lowest BCUT2D eigenvalue weighted by Crippen LogP contribution is -1.93. The number of anilines is 3. The van der Waals surface area contributed by atoms with E-state index in [0.717, 1.165) is 17.0 Å². The van der Waals surface area contributed by atoms with Crippen molar-refractivity contribution >= 4 is 28.1 Å². The SMILES string of the molecule is Nc1ccc2[nH]nc(Nc3cc(F)cc(F)c3)c2c1. The molecular formula is C13H10F2N4. The fourth-order valence-electron chi connectivity index (χ4n) is 1.89. The second-order valence-corrected chi connectivity index (χ2v) is 4.16. The van der Waals surface area contributed by atoms with Gasteiger partial charge in [0, 0.05) is 22.8 Å². The Morgan fingerprint density at radius 1 is 1.05 bits per heavy atom. The topological polar surface area (TPSA) is 66.7 Å². The van der Waals surface area contributed by atoms with E-state index in [-0.39, 0.29) is 5.69 Å². The Balaban J connectivity index is 2.03. The Bertz CT molecular complexity index is 731. The maximum Gasteiger partial charge on any atom is 0.160 e. The zero-order valence-corrected chi connectivity index (χ0v) is 9.74. The summed E-state index contributed by atoms with van der Waals surface area (Å²) in [5.74, 6) is -0.837. The number of nitrogens with one attached hydrogen (secondary N) is 2. The number of halogens is 2. The van der Waals surface area contributed by atoms with E-state index in [1.165, 1.54) is 12.1 Å². The van der Waals surface area contributed by atoms with Crippen molar-refractivity contribution in [3.63, 3.8) is 0 Å². The van der Waals surface area contributed by atoms with Crippen LogP contribution in [0.4, 0.5) is 26.0 Å². The van der Waals surface area contributed by atoms with E-state index in [2.05, 4.69) is 15.5 Å². The first-order valence-electron chi connectivity index (χ1n) is 5.58. The second kappa shape index (κ2) is 4.24. The van der Waals surface area contributed by atoms with Gasteiger partial charge in [0.2, 0.25) is 0 Å². The van der Waals surface area contributed by atoms with E-state index in [1.54, 1.807) is 18.2 Å². The molecule has 3 aromatic rings. The summed E-state index contributed by atoms with van der Waals surface area (Å²) in [5.41, 5.74) is 7.36. The second-order valence-electron chi connectivity index (χ2n) is 4.16. The van der Waals surface area contributed by atoms with Gasteiger partial charge in [-0.15, -0.1) is 0 Å². The molecule has 0 fully saturated rings. The molecule has 2 aromatic carbocycles. The minimum absolute atomic E-state index is 0.285. The smallest absolute Gasteiger partial charge is 0.160 e. The first-order valence-corrected chi connectivity index (χ1v) is 5.58. The summed E-state index contributed by atoms with van der Waals surface area (Å²) in [6, 6.07) is 8.45. The van der Waals surface area contributed by atoms with E-state index in [1.807, 2.05) is 0 Å². The largest absolute Gasteiger partial charge is 0.399 e. The molecule has 0 aliphatic heterocycles. The van der Waals surface area contributed by atoms with Crippen LogP contribution in [0.25, 0.3) is 10.9 Å². The van der Waals surface area contributed by atoms with Gasteiger partial charge < -0.3 is 11.1 Å². The van der Waals surface area contributed by atoms with Crippen LogP contribution in [-0.4, -0.2) is 10.2 Å². The normalized spacial score (nSPS) is 10.8. The number of rotatable bonds is 2. The van der Waals surface area contributed by atoms with Gasteiger partial charge in [-0.1, -0.05) is 0 Å². The van der Waals surface area contributed by atoms with Crippen molar-refractivity contribution in [2.75, 3.05) is 11.1 Å². The van der Waals surface area contributed by atoms with E-state index < -0.39 is 11.6 Å². The third kappa shape index (κ3) is 2.20. The monoisotopic (exact) mass is 260 g/mol. The fourth-order valence-corrected chi connectivity index (χ4v) is 1.89. The quantitative estimate of drug-likeness (QED) is 0.620. The number of nitrogens with zero attached hydrogens (tertiary/aromatic N) is 1. The van der Waals surface area contributed by atoms with Crippen molar-refractivity contribution < 1.29 is 8.78 Å². The van der Waals surface area contributed by atoms with Crippen molar-refractivity contribution in [2.45, 2.75) is 0 Å². The number of hydrogen-bond donors (Lipinski definition) is 3. The molecule has 0 aliphatic carbocycles. The third-order valence-corrected chi connectivity index (χ3v) is 2.71. The van der Waals surface area contributed by atoms with Crippen molar-refractivity contribution in [2.24, 2.45) is 0 Å². The molecule has 0 radical (unpaired) electrons. The highest BCUT2D eigenvalue weighted by Crippen LogP contribution is 2.26. The number of aromatic nitrogens is 2. The maximum atomic E-state index is 13.1. The average molecular weight is 260 g/mol. The van der Waals surface area contributed by atoms with Crippen LogP contribution in [0.15, 0.2) is 36.4 Å². The van der Waals surface area contributed by atoms with Crippen LogP contribution in [0.3, 0.4) is 0 Å². The number of nitrogen functional groups attached to an aromatic ring is 1. The van der Waals surface area contributed by atoms with Crippen molar-refractivity contribution in [3.05, 3.63) is 48.0 Å². The number of fused-ring (bicyclic) bond motifs is 1. The van der Waals surface area contributed by atoms with Gasteiger partial charge in [0.05, 0.1) is 5.52 Å². The predicted molar refractivity (Wildman–Crippen MR) is 70.1 cm³/mol. The van der Waals surface area contributed by atoms with E-state index >= 15 is 0 Å². The molecule has 0 saturated heterocycles. The average Bonchev–Trinajstić information content (AvgIpc) is 2.70. The number of nitrogens with two attached hydrogens (primary N) is 1. The summed E-state index contributed by atoms with van der Waals surface area (Å²) in [6.45, 7) is 0. The highest BCUT2D eigenvalue weighted by molar-refractivity contribution is 5.93. The Hall–Kier alpha value is -2.63. The molecule has 0 saturated carbocycles. The molecular weight excluding hydrogens is 250 g/mol. The molecule has 4 nitrogen and oxygen atoms in total. The number of H-pyrrole nitrogens is 1. The van der Waals surface area contributed by atoms with Crippen LogP contribution in [0.2, 0.25) is 0 Å². The van der Waals surface area contributed by atoms with E-state index in [4.69, 9.17) is 5.73 Å². The molecule has 1 heterocycles. The highest BCUT2D eigenvalue weighted by Gasteiger charge is 2.07. The van der Waals surface area contributed by atoms with Gasteiger partial charge in [0.25, 0.3) is 0 Å². The Labute approximate surface area is 107 Å². The van der Waals surface area contributed by atoms with Gasteiger partial charge in [0.1, 0.15) is 11.6 Å². The summed E-state index contributed by atoms with van der Waals surface area (Å²) in [4.78, 5) is 0. The fraction of sp³-hybridized carbons (Fsp3) is 0. The first-order chi connectivity index (χ1) is 9.11. The number of aromatic amines is 1. The van der Waals surface area contributed by atoms with Crippen LogP contribution >= 0.6 is 0 Å². The summed E-state index contributed by atoms with van der Waals surface area (Å²) in [5, 5.41) is 10.5. The van der Waals surface area contributed by atoms with Crippen LogP contribution in [0, 0.1) is 11.6 Å². The van der Waals surface area contributed by atoms with E-state index in [9.17, 15) is 8.78 Å². The van der Waals surface area contributed by atoms with Crippen LogP contribution in [-0.2, 0) is 0 Å². The lowest BCUT2D eigenvalue weighted by Gasteiger charge is -2.04. The minimum Gasteiger partial charge on any atom is -0.399 e. The maximum absolute atomic E-state index is 13.1. The Morgan fingerprint density at radius 3 is 2.53 bits per heavy atom. The molecule has 0 spiro atoms. The van der Waals surface area contributed by atoms with Gasteiger partial charge in [-0.05, 0) is 30.3 Å². The Morgan fingerprint density at radius 2 is 1.79 bits per heavy atom. The Kier molecular flexibility index (Phi) is 2.56. The number of benzene rings is 2. The van der Waals surface area contributed by atoms with Gasteiger partial charge >= 0.3 is 0 Å². The standard InChI is InChI=1S/C13H10F2N4/c14-7-3-8(15)5-10(4-7)17-13-11-6-9(16)1-2-12(11)18-19-13/h1-6H,16H2,(H2,17,18,19). The minimum atomic E-state index is -0.651. The molecule has 0 amide bonds. The van der Waals surface area contributed by atoms with Crippen molar-refractivity contribution in [1.82, 2.24) is 10.2 Å². The van der Waals surface area contributed by atoms with Gasteiger partial charge in [-0.25, -0.2) is 8.78 Å².